The van der Waals surface area contributed by atoms with Gasteiger partial charge < -0.3 is 10.2 Å². The molecule has 1 unspecified atom stereocenters. The second-order valence-corrected chi connectivity index (χ2v) is 12.9. The summed E-state index contributed by atoms with van der Waals surface area (Å²) in [6.45, 7) is 3.37. The zero-order valence-electron chi connectivity index (χ0n) is 22.9. The summed E-state index contributed by atoms with van der Waals surface area (Å²) in [5, 5.41) is 3.10. The Morgan fingerprint density at radius 3 is 2.33 bits per heavy atom. The van der Waals surface area contributed by atoms with Gasteiger partial charge in [-0.25, -0.2) is 8.42 Å². The smallest absolute Gasteiger partial charge is 0.264 e. The van der Waals surface area contributed by atoms with Crippen LogP contribution < -0.4 is 9.62 Å². The second-order valence-electron chi connectivity index (χ2n) is 10.1. The van der Waals surface area contributed by atoms with Crippen molar-refractivity contribution in [2.45, 2.75) is 69.5 Å². The molecule has 2 amide bonds. The zero-order chi connectivity index (χ0) is 28.7. The van der Waals surface area contributed by atoms with Crippen molar-refractivity contribution in [1.29, 1.82) is 0 Å². The Labute approximate surface area is 245 Å². The number of hydrogen-bond donors (Lipinski definition) is 1. The molecule has 0 aliphatic heterocycles. The molecule has 1 fully saturated rings. The van der Waals surface area contributed by atoms with E-state index in [0.29, 0.717) is 12.1 Å². The first kappa shape index (κ1) is 29.8. The number of anilines is 1. The number of carbonyl (C=O) groups is 2. The molecule has 4 rings (SSSR count). The lowest BCUT2D eigenvalue weighted by Crippen LogP contribution is -2.52. The molecule has 9 heteroatoms. The summed E-state index contributed by atoms with van der Waals surface area (Å²) in [5.74, 6) is -0.693. The van der Waals surface area contributed by atoms with Crippen molar-refractivity contribution >= 4 is 43.5 Å². The predicted octanol–water partition coefficient (Wildman–Crippen LogP) is 5.68. The van der Waals surface area contributed by atoms with Crippen LogP contribution in [0.4, 0.5) is 5.69 Å². The van der Waals surface area contributed by atoms with Gasteiger partial charge in [0.05, 0.1) is 10.6 Å². The summed E-state index contributed by atoms with van der Waals surface area (Å²) in [7, 11) is -4.08. The van der Waals surface area contributed by atoms with Crippen LogP contribution in [0.25, 0.3) is 0 Å². The summed E-state index contributed by atoms with van der Waals surface area (Å²) < 4.78 is 30.0. The summed E-state index contributed by atoms with van der Waals surface area (Å²) in [5.41, 5.74) is 2.09. The second kappa shape index (κ2) is 13.5. The summed E-state index contributed by atoms with van der Waals surface area (Å²) >= 11 is 3.48. The molecule has 1 atom stereocenters. The van der Waals surface area contributed by atoms with Crippen LogP contribution in [-0.4, -0.2) is 43.8 Å². The maximum atomic E-state index is 14.1. The van der Waals surface area contributed by atoms with Crippen LogP contribution in [0.3, 0.4) is 0 Å². The molecule has 0 bridgehead atoms. The van der Waals surface area contributed by atoms with Gasteiger partial charge in [0.25, 0.3) is 10.0 Å². The normalized spacial score (nSPS) is 14.5. The van der Waals surface area contributed by atoms with E-state index in [4.69, 9.17) is 0 Å². The van der Waals surface area contributed by atoms with Crippen LogP contribution in [0, 0.1) is 0 Å². The average Bonchev–Trinajstić information content (AvgIpc) is 3.47. The van der Waals surface area contributed by atoms with Gasteiger partial charge in [-0.15, -0.1) is 0 Å². The fourth-order valence-corrected chi connectivity index (χ4v) is 7.01. The minimum Gasteiger partial charge on any atom is -0.352 e. The van der Waals surface area contributed by atoms with E-state index in [-0.39, 0.29) is 23.4 Å². The molecule has 0 saturated heterocycles. The zero-order valence-corrected chi connectivity index (χ0v) is 25.3. The van der Waals surface area contributed by atoms with E-state index in [9.17, 15) is 18.0 Å². The molecule has 1 aliphatic rings. The first-order valence-corrected chi connectivity index (χ1v) is 15.9. The molecule has 1 saturated carbocycles. The van der Waals surface area contributed by atoms with Crippen LogP contribution in [-0.2, 0) is 32.6 Å². The van der Waals surface area contributed by atoms with Gasteiger partial charge in [0.15, 0.2) is 0 Å². The van der Waals surface area contributed by atoms with Crippen LogP contribution in [0.2, 0.25) is 0 Å². The summed E-state index contributed by atoms with van der Waals surface area (Å²) in [4.78, 5) is 29.0. The highest BCUT2D eigenvalue weighted by Gasteiger charge is 2.34. The molecule has 0 heterocycles. The van der Waals surface area contributed by atoms with Crippen molar-refractivity contribution < 1.29 is 18.0 Å². The van der Waals surface area contributed by atoms with Gasteiger partial charge in [-0.3, -0.25) is 13.9 Å². The molecule has 7 nitrogen and oxygen atoms in total. The van der Waals surface area contributed by atoms with E-state index in [1.165, 1.54) is 21.3 Å². The fraction of sp³-hybridized carbons (Fsp3) is 0.355. The van der Waals surface area contributed by atoms with Crippen molar-refractivity contribution in [2.75, 3.05) is 10.8 Å². The molecule has 3 aromatic rings. The highest BCUT2D eigenvalue weighted by molar-refractivity contribution is 9.10. The van der Waals surface area contributed by atoms with E-state index in [0.717, 1.165) is 41.3 Å². The number of rotatable bonds is 11. The molecular formula is C31H36BrN3O4S. The maximum Gasteiger partial charge on any atom is 0.264 e. The van der Waals surface area contributed by atoms with Crippen molar-refractivity contribution in [3.63, 3.8) is 0 Å². The van der Waals surface area contributed by atoms with Gasteiger partial charge in [-0.2, -0.15) is 0 Å². The number of amides is 2. The number of nitrogens with one attached hydrogen (secondary N) is 1. The first-order valence-electron chi connectivity index (χ1n) is 13.7. The van der Waals surface area contributed by atoms with Crippen molar-refractivity contribution in [3.05, 3.63) is 94.5 Å². The number of hydrogen-bond acceptors (Lipinski definition) is 4. The van der Waals surface area contributed by atoms with Crippen molar-refractivity contribution in [2.24, 2.45) is 0 Å². The SMILES string of the molecule is CCc1ccccc1N(CC(=O)N(Cc1cccc(Br)c1)C(C)C(=O)NC1CCCC1)S(=O)(=O)c1ccccc1. The molecule has 0 aromatic heterocycles. The Kier molecular flexibility index (Phi) is 10.0. The topological polar surface area (TPSA) is 86.8 Å². The van der Waals surface area contributed by atoms with E-state index in [1.54, 1.807) is 37.3 Å². The monoisotopic (exact) mass is 625 g/mol. The highest BCUT2D eigenvalue weighted by Crippen LogP contribution is 2.28. The lowest BCUT2D eigenvalue weighted by Gasteiger charge is -2.33. The van der Waals surface area contributed by atoms with E-state index in [2.05, 4.69) is 21.2 Å². The molecule has 3 aromatic carbocycles. The van der Waals surface area contributed by atoms with Gasteiger partial charge in [0.1, 0.15) is 12.6 Å². The highest BCUT2D eigenvalue weighted by atomic mass is 79.9. The standard InChI is InChI=1S/C31H36BrN3O4S/c1-3-25-13-7-10-19-29(25)35(40(38,39)28-17-5-4-6-18-28)22-30(36)34(21-24-12-11-14-26(32)20-24)23(2)31(37)33-27-15-8-9-16-27/h4-7,10-14,17-20,23,27H,3,8-9,15-16,21-22H2,1-2H3,(H,33,37). The maximum absolute atomic E-state index is 14.1. The number of halogens is 1. The molecular weight excluding hydrogens is 590 g/mol. The number of benzene rings is 3. The van der Waals surface area contributed by atoms with Gasteiger partial charge in [0, 0.05) is 17.1 Å². The third-order valence-corrected chi connectivity index (χ3v) is 9.63. The molecule has 1 aliphatic carbocycles. The molecule has 0 radical (unpaired) electrons. The molecule has 212 valence electrons. The number of carbonyl (C=O) groups excluding carboxylic acids is 2. The Hall–Kier alpha value is -3.17. The van der Waals surface area contributed by atoms with Gasteiger partial charge in [-0.05, 0) is 67.6 Å². The number of aryl methyl sites for hydroxylation is 1. The Bertz CT molecular complexity index is 1430. The van der Waals surface area contributed by atoms with E-state index in [1.807, 2.05) is 43.3 Å². The molecule has 40 heavy (non-hydrogen) atoms. The van der Waals surface area contributed by atoms with Crippen LogP contribution in [0.5, 0.6) is 0 Å². The first-order chi connectivity index (χ1) is 19.2. The largest absolute Gasteiger partial charge is 0.352 e. The summed E-state index contributed by atoms with van der Waals surface area (Å²) in [6.07, 6.45) is 4.59. The van der Waals surface area contributed by atoms with E-state index < -0.39 is 28.5 Å². The lowest BCUT2D eigenvalue weighted by atomic mass is 10.1. The van der Waals surface area contributed by atoms with Crippen molar-refractivity contribution in [3.8, 4) is 0 Å². The number of para-hydroxylation sites is 1. The predicted molar refractivity (Wildman–Crippen MR) is 161 cm³/mol. The lowest BCUT2D eigenvalue weighted by molar-refractivity contribution is -0.139. The van der Waals surface area contributed by atoms with Crippen LogP contribution in [0.1, 0.15) is 50.7 Å². The van der Waals surface area contributed by atoms with Gasteiger partial charge in [0.2, 0.25) is 11.8 Å². The third kappa shape index (κ3) is 7.12. The number of nitrogens with zero attached hydrogens (tertiary/aromatic N) is 2. The molecule has 1 N–H and O–H groups in total. The quantitative estimate of drug-likeness (QED) is 0.297. The Morgan fingerprint density at radius 1 is 0.975 bits per heavy atom. The van der Waals surface area contributed by atoms with Crippen LogP contribution >= 0.6 is 15.9 Å². The number of sulfonamides is 1. The third-order valence-electron chi connectivity index (χ3n) is 7.36. The van der Waals surface area contributed by atoms with Gasteiger partial charge in [-0.1, -0.05) is 84.2 Å². The Balaban J connectivity index is 1.70. The Morgan fingerprint density at radius 2 is 1.65 bits per heavy atom. The van der Waals surface area contributed by atoms with Crippen molar-refractivity contribution in [1.82, 2.24) is 10.2 Å². The minimum atomic E-state index is -4.08. The minimum absolute atomic E-state index is 0.0965. The molecule has 0 spiro atoms. The summed E-state index contributed by atoms with van der Waals surface area (Å²) in [6, 6.07) is 22.2. The average molecular weight is 627 g/mol. The fourth-order valence-electron chi connectivity index (χ4n) is 5.09. The van der Waals surface area contributed by atoms with E-state index >= 15 is 0 Å². The van der Waals surface area contributed by atoms with Gasteiger partial charge >= 0.3 is 0 Å². The van der Waals surface area contributed by atoms with Crippen LogP contribution in [0.15, 0.2) is 88.2 Å².